The van der Waals surface area contributed by atoms with Crippen molar-refractivity contribution >= 4 is 0 Å². The molecule has 0 spiro atoms. The molecule has 1 rings (SSSR count). The molecule has 0 saturated heterocycles. The molecule has 1 fully saturated rings. The maximum atomic E-state index is 8.67. The molecule has 0 aromatic carbocycles. The van der Waals surface area contributed by atoms with Gasteiger partial charge in [-0.1, -0.05) is 33.1 Å². The molecular formula is C13H24N2. The Morgan fingerprint density at radius 1 is 1.40 bits per heavy atom. The van der Waals surface area contributed by atoms with Gasteiger partial charge in [0.15, 0.2) is 0 Å². The van der Waals surface area contributed by atoms with Crippen LogP contribution >= 0.6 is 0 Å². The van der Waals surface area contributed by atoms with Gasteiger partial charge in [-0.25, -0.2) is 0 Å². The third-order valence-corrected chi connectivity index (χ3v) is 3.79. The lowest BCUT2D eigenvalue weighted by atomic mass is 9.80. The highest BCUT2D eigenvalue weighted by Gasteiger charge is 2.21. The van der Waals surface area contributed by atoms with Crippen LogP contribution in [0.15, 0.2) is 0 Å². The highest BCUT2D eigenvalue weighted by Crippen LogP contribution is 2.28. The zero-order valence-electron chi connectivity index (χ0n) is 10.1. The molecule has 0 aromatic rings. The number of hydrogen-bond acceptors (Lipinski definition) is 2. The van der Waals surface area contributed by atoms with Crippen LogP contribution in [0.1, 0.15) is 52.4 Å². The Balaban J connectivity index is 2.25. The lowest BCUT2D eigenvalue weighted by molar-refractivity contribution is 0.240. The van der Waals surface area contributed by atoms with Crippen molar-refractivity contribution in [2.75, 3.05) is 6.54 Å². The molecule has 3 unspecified atom stereocenters. The standard InChI is InChI=1S/C13H24N2/c1-3-13(8-9-14)15-10-12-7-5-4-6-11(12)2/h11-13,15H,3-8,10H2,1-2H3. The van der Waals surface area contributed by atoms with Crippen molar-refractivity contribution in [1.29, 1.82) is 5.26 Å². The predicted octanol–water partition coefficient (Wildman–Crippen LogP) is 3.09. The molecule has 1 N–H and O–H groups in total. The van der Waals surface area contributed by atoms with Crippen molar-refractivity contribution in [3.8, 4) is 6.07 Å². The average Bonchev–Trinajstić information content (AvgIpc) is 2.26. The Kier molecular flexibility index (Phi) is 5.71. The number of rotatable bonds is 5. The SMILES string of the molecule is CCC(CC#N)NCC1CCCCC1C. The van der Waals surface area contributed by atoms with Gasteiger partial charge in [0.25, 0.3) is 0 Å². The van der Waals surface area contributed by atoms with Gasteiger partial charge in [0, 0.05) is 6.04 Å². The van der Waals surface area contributed by atoms with Crippen molar-refractivity contribution in [3.05, 3.63) is 0 Å². The first-order valence-corrected chi connectivity index (χ1v) is 6.38. The van der Waals surface area contributed by atoms with Crippen LogP contribution in [-0.4, -0.2) is 12.6 Å². The second-order valence-corrected chi connectivity index (χ2v) is 4.90. The molecule has 0 radical (unpaired) electrons. The molecule has 0 bridgehead atoms. The molecule has 0 aliphatic heterocycles. The minimum atomic E-state index is 0.407. The lowest BCUT2D eigenvalue weighted by Crippen LogP contribution is -2.35. The third kappa shape index (κ3) is 4.22. The first kappa shape index (κ1) is 12.5. The Morgan fingerprint density at radius 2 is 2.13 bits per heavy atom. The van der Waals surface area contributed by atoms with E-state index < -0.39 is 0 Å². The van der Waals surface area contributed by atoms with Crippen LogP contribution in [0, 0.1) is 23.2 Å². The lowest BCUT2D eigenvalue weighted by Gasteiger charge is -2.30. The summed E-state index contributed by atoms with van der Waals surface area (Å²) in [5.41, 5.74) is 0. The summed E-state index contributed by atoms with van der Waals surface area (Å²) in [6, 6.07) is 2.66. The smallest absolute Gasteiger partial charge is 0.0638 e. The van der Waals surface area contributed by atoms with Crippen LogP contribution in [-0.2, 0) is 0 Å². The zero-order valence-corrected chi connectivity index (χ0v) is 10.1. The highest BCUT2D eigenvalue weighted by atomic mass is 14.9. The molecule has 2 nitrogen and oxygen atoms in total. The van der Waals surface area contributed by atoms with Gasteiger partial charge in [-0.15, -0.1) is 0 Å². The van der Waals surface area contributed by atoms with Crippen molar-refractivity contribution in [3.63, 3.8) is 0 Å². The summed E-state index contributed by atoms with van der Waals surface area (Å²) in [5, 5.41) is 12.2. The summed E-state index contributed by atoms with van der Waals surface area (Å²) >= 11 is 0. The van der Waals surface area contributed by atoms with Gasteiger partial charge in [0.2, 0.25) is 0 Å². The van der Waals surface area contributed by atoms with Crippen molar-refractivity contribution in [2.24, 2.45) is 11.8 Å². The summed E-state index contributed by atoms with van der Waals surface area (Å²) in [5.74, 6) is 1.71. The van der Waals surface area contributed by atoms with E-state index in [4.69, 9.17) is 5.26 Å². The van der Waals surface area contributed by atoms with Crippen LogP contribution in [0.3, 0.4) is 0 Å². The molecule has 1 aliphatic carbocycles. The average molecular weight is 208 g/mol. The first-order chi connectivity index (χ1) is 7.27. The number of nitriles is 1. The molecule has 3 atom stereocenters. The summed E-state index contributed by atoms with van der Waals surface area (Å²) in [6.07, 6.45) is 7.28. The maximum Gasteiger partial charge on any atom is 0.0638 e. The summed E-state index contributed by atoms with van der Waals surface area (Å²) in [6.45, 7) is 5.64. The van der Waals surface area contributed by atoms with Crippen LogP contribution < -0.4 is 5.32 Å². The van der Waals surface area contributed by atoms with E-state index in [0.717, 1.165) is 24.8 Å². The molecule has 0 aromatic heterocycles. The van der Waals surface area contributed by atoms with Crippen molar-refractivity contribution < 1.29 is 0 Å². The van der Waals surface area contributed by atoms with Crippen LogP contribution in [0.25, 0.3) is 0 Å². The Hall–Kier alpha value is -0.550. The number of nitrogens with one attached hydrogen (secondary N) is 1. The quantitative estimate of drug-likeness (QED) is 0.753. The second-order valence-electron chi connectivity index (χ2n) is 4.90. The van der Waals surface area contributed by atoms with Gasteiger partial charge >= 0.3 is 0 Å². The maximum absolute atomic E-state index is 8.67. The van der Waals surface area contributed by atoms with E-state index in [9.17, 15) is 0 Å². The van der Waals surface area contributed by atoms with Gasteiger partial charge in [0.1, 0.15) is 0 Å². The molecule has 0 amide bonds. The van der Waals surface area contributed by atoms with E-state index in [1.807, 2.05) is 0 Å². The largest absolute Gasteiger partial charge is 0.313 e. The van der Waals surface area contributed by atoms with Crippen LogP contribution in [0.5, 0.6) is 0 Å². The molecular weight excluding hydrogens is 184 g/mol. The topological polar surface area (TPSA) is 35.8 Å². The van der Waals surface area contributed by atoms with Gasteiger partial charge in [-0.2, -0.15) is 5.26 Å². The fourth-order valence-electron chi connectivity index (χ4n) is 2.49. The van der Waals surface area contributed by atoms with E-state index in [-0.39, 0.29) is 0 Å². The van der Waals surface area contributed by atoms with Gasteiger partial charge in [0.05, 0.1) is 12.5 Å². The van der Waals surface area contributed by atoms with Crippen LogP contribution in [0.4, 0.5) is 0 Å². The minimum Gasteiger partial charge on any atom is -0.313 e. The summed E-state index contributed by atoms with van der Waals surface area (Å²) in [4.78, 5) is 0. The Morgan fingerprint density at radius 3 is 2.73 bits per heavy atom. The third-order valence-electron chi connectivity index (χ3n) is 3.79. The first-order valence-electron chi connectivity index (χ1n) is 6.38. The molecule has 86 valence electrons. The van der Waals surface area contributed by atoms with E-state index in [0.29, 0.717) is 12.5 Å². The molecule has 1 aliphatic rings. The van der Waals surface area contributed by atoms with Gasteiger partial charge in [-0.3, -0.25) is 0 Å². The molecule has 1 saturated carbocycles. The second kappa shape index (κ2) is 6.85. The van der Waals surface area contributed by atoms with Crippen LogP contribution in [0.2, 0.25) is 0 Å². The Labute approximate surface area is 94.1 Å². The summed E-state index contributed by atoms with van der Waals surface area (Å²) in [7, 11) is 0. The van der Waals surface area contributed by atoms with Gasteiger partial charge < -0.3 is 5.32 Å². The normalized spacial score (nSPS) is 28.3. The highest BCUT2D eigenvalue weighted by molar-refractivity contribution is 4.82. The molecule has 15 heavy (non-hydrogen) atoms. The van der Waals surface area contributed by atoms with Crippen molar-refractivity contribution in [2.45, 2.75) is 58.4 Å². The minimum absolute atomic E-state index is 0.407. The fourth-order valence-corrected chi connectivity index (χ4v) is 2.49. The fraction of sp³-hybridized carbons (Fsp3) is 0.923. The summed E-state index contributed by atoms with van der Waals surface area (Å²) < 4.78 is 0. The predicted molar refractivity (Wildman–Crippen MR) is 63.4 cm³/mol. The zero-order chi connectivity index (χ0) is 11.1. The van der Waals surface area contributed by atoms with Gasteiger partial charge in [-0.05, 0) is 31.2 Å². The molecule has 2 heteroatoms. The van der Waals surface area contributed by atoms with E-state index in [1.165, 1.54) is 25.7 Å². The molecule has 0 heterocycles. The number of hydrogen-bond donors (Lipinski definition) is 1. The van der Waals surface area contributed by atoms with E-state index in [1.54, 1.807) is 0 Å². The monoisotopic (exact) mass is 208 g/mol. The Bertz CT molecular complexity index is 207. The van der Waals surface area contributed by atoms with E-state index in [2.05, 4.69) is 25.2 Å². The van der Waals surface area contributed by atoms with E-state index >= 15 is 0 Å². The van der Waals surface area contributed by atoms with Crippen molar-refractivity contribution in [1.82, 2.24) is 5.32 Å². The number of nitrogens with zero attached hydrogens (tertiary/aromatic N) is 1.